The highest BCUT2D eigenvalue weighted by atomic mass is 16.5. The van der Waals surface area contributed by atoms with E-state index >= 15 is 0 Å². The summed E-state index contributed by atoms with van der Waals surface area (Å²) in [5.41, 5.74) is -0.807. The van der Waals surface area contributed by atoms with E-state index in [-0.39, 0.29) is 24.4 Å². The largest absolute Gasteiger partial charge is 0.487 e. The van der Waals surface area contributed by atoms with Crippen LogP contribution in [0.4, 0.5) is 0 Å². The Morgan fingerprint density at radius 3 is 2.81 bits per heavy atom. The van der Waals surface area contributed by atoms with Crippen molar-refractivity contribution < 1.29 is 14.3 Å². The maximum Gasteiger partial charge on any atom is 0.328 e. The summed E-state index contributed by atoms with van der Waals surface area (Å²) >= 11 is 0. The number of nitrogens with zero attached hydrogens (tertiary/aromatic N) is 2. The van der Waals surface area contributed by atoms with Gasteiger partial charge in [-0.05, 0) is 19.4 Å². The van der Waals surface area contributed by atoms with Crippen molar-refractivity contribution in [3.8, 4) is 5.75 Å². The standard InChI is InChI=1S/C22H26N4O5/c1-2-25-12-10-22(9-7-20(25)29)13-16(15-5-3-4-6-17(15)31-22)23-19(28)14-26-11-8-18(27)24-21(26)30/h3-6,8,11,16H,2,7,9-10,12-14H2,1H3,(H,23,28)(H,24,27,30)/t16-,22-/m1/s1. The minimum Gasteiger partial charge on any atom is -0.487 e. The Bertz CT molecular complexity index is 1110. The average molecular weight is 426 g/mol. The van der Waals surface area contributed by atoms with Gasteiger partial charge in [-0.25, -0.2) is 4.79 Å². The van der Waals surface area contributed by atoms with Gasteiger partial charge in [-0.1, -0.05) is 18.2 Å². The molecule has 2 N–H and O–H groups in total. The van der Waals surface area contributed by atoms with E-state index in [4.69, 9.17) is 4.74 Å². The van der Waals surface area contributed by atoms with Gasteiger partial charge in [0.1, 0.15) is 17.9 Å². The fraction of sp³-hybridized carbons (Fsp3) is 0.455. The number of aromatic nitrogens is 2. The maximum atomic E-state index is 12.8. The van der Waals surface area contributed by atoms with Crippen LogP contribution in [0.5, 0.6) is 5.75 Å². The van der Waals surface area contributed by atoms with E-state index in [0.29, 0.717) is 44.5 Å². The molecule has 0 radical (unpaired) electrons. The lowest BCUT2D eigenvalue weighted by Crippen LogP contribution is -2.46. The van der Waals surface area contributed by atoms with Crippen LogP contribution in [0.3, 0.4) is 0 Å². The topological polar surface area (TPSA) is 113 Å². The number of hydrogen-bond acceptors (Lipinski definition) is 5. The molecule has 1 aromatic heterocycles. The van der Waals surface area contributed by atoms with E-state index in [1.165, 1.54) is 12.3 Å². The number of amides is 2. The zero-order chi connectivity index (χ0) is 22.0. The molecule has 1 spiro atoms. The molecule has 9 heteroatoms. The van der Waals surface area contributed by atoms with Gasteiger partial charge in [0.15, 0.2) is 0 Å². The van der Waals surface area contributed by atoms with Gasteiger partial charge in [0.2, 0.25) is 11.8 Å². The van der Waals surface area contributed by atoms with E-state index in [1.807, 2.05) is 36.1 Å². The van der Waals surface area contributed by atoms with Gasteiger partial charge in [0.05, 0.1) is 6.04 Å². The average Bonchev–Trinajstić information content (AvgIpc) is 2.89. The number of ether oxygens (including phenoxy) is 1. The lowest BCUT2D eigenvalue weighted by Gasteiger charge is -2.42. The Morgan fingerprint density at radius 1 is 1.23 bits per heavy atom. The number of hydrogen-bond donors (Lipinski definition) is 2. The second kappa shape index (κ2) is 8.41. The van der Waals surface area contributed by atoms with Crippen LogP contribution in [0.25, 0.3) is 0 Å². The summed E-state index contributed by atoms with van der Waals surface area (Å²) in [4.78, 5) is 52.3. The summed E-state index contributed by atoms with van der Waals surface area (Å²) in [6, 6.07) is 8.47. The van der Waals surface area contributed by atoms with Gasteiger partial charge < -0.3 is 15.0 Å². The number of H-pyrrole nitrogens is 1. The molecule has 2 amide bonds. The molecule has 1 fully saturated rings. The van der Waals surface area contributed by atoms with E-state index in [9.17, 15) is 19.2 Å². The molecule has 2 aliphatic heterocycles. The maximum absolute atomic E-state index is 12.8. The number of nitrogens with one attached hydrogen (secondary N) is 2. The highest BCUT2D eigenvalue weighted by molar-refractivity contribution is 5.77. The summed E-state index contributed by atoms with van der Waals surface area (Å²) in [6.07, 6.45) is 3.52. The third kappa shape index (κ3) is 4.40. The third-order valence-corrected chi connectivity index (χ3v) is 6.11. The number of fused-ring (bicyclic) bond motifs is 1. The molecule has 0 saturated carbocycles. The van der Waals surface area contributed by atoms with Crippen molar-refractivity contribution in [3.63, 3.8) is 0 Å². The Hall–Kier alpha value is -3.36. The first-order valence-corrected chi connectivity index (χ1v) is 10.5. The first-order valence-electron chi connectivity index (χ1n) is 10.5. The van der Waals surface area contributed by atoms with E-state index < -0.39 is 16.9 Å². The summed E-state index contributed by atoms with van der Waals surface area (Å²) in [6.45, 7) is 3.05. The van der Waals surface area contributed by atoms with Gasteiger partial charge in [0.25, 0.3) is 5.56 Å². The highest BCUT2D eigenvalue weighted by Crippen LogP contribution is 2.44. The quantitative estimate of drug-likeness (QED) is 0.756. The van der Waals surface area contributed by atoms with Gasteiger partial charge in [-0.2, -0.15) is 0 Å². The number of carbonyl (C=O) groups excluding carboxylic acids is 2. The van der Waals surface area contributed by atoms with E-state index in [2.05, 4.69) is 10.3 Å². The molecule has 0 bridgehead atoms. The van der Waals surface area contributed by atoms with Gasteiger partial charge in [0, 0.05) is 50.2 Å². The molecule has 1 aromatic carbocycles. The zero-order valence-electron chi connectivity index (χ0n) is 17.4. The van der Waals surface area contributed by atoms with Crippen LogP contribution in [-0.2, 0) is 16.1 Å². The van der Waals surface area contributed by atoms with Crippen LogP contribution in [0, 0.1) is 0 Å². The van der Waals surface area contributed by atoms with Gasteiger partial charge in [-0.15, -0.1) is 0 Å². The van der Waals surface area contributed by atoms with Crippen LogP contribution < -0.4 is 21.3 Å². The molecule has 0 unspecified atom stereocenters. The van der Waals surface area contributed by atoms with Gasteiger partial charge >= 0.3 is 5.69 Å². The Balaban J connectivity index is 1.56. The third-order valence-electron chi connectivity index (χ3n) is 6.11. The molecule has 31 heavy (non-hydrogen) atoms. The molecule has 3 heterocycles. The number of benzene rings is 1. The summed E-state index contributed by atoms with van der Waals surface area (Å²) < 4.78 is 7.57. The van der Waals surface area contributed by atoms with Crippen molar-refractivity contribution in [1.29, 1.82) is 0 Å². The van der Waals surface area contributed by atoms with Gasteiger partial charge in [-0.3, -0.25) is 23.9 Å². The summed E-state index contributed by atoms with van der Waals surface area (Å²) in [5.74, 6) is 0.489. The van der Waals surface area contributed by atoms with Crippen molar-refractivity contribution >= 4 is 11.8 Å². The minimum absolute atomic E-state index is 0.125. The van der Waals surface area contributed by atoms with Crippen LogP contribution in [0.1, 0.15) is 44.2 Å². The molecule has 4 rings (SSSR count). The second-order valence-corrected chi connectivity index (χ2v) is 8.11. The number of carbonyl (C=O) groups is 2. The van der Waals surface area contributed by atoms with Crippen LogP contribution >= 0.6 is 0 Å². The SMILES string of the molecule is CCN1CC[C@]2(CCC1=O)C[C@@H](NC(=O)Cn1ccc(=O)[nH]c1=O)c1ccccc1O2. The fourth-order valence-corrected chi connectivity index (χ4v) is 4.43. The second-order valence-electron chi connectivity index (χ2n) is 8.11. The normalized spacial score (nSPS) is 23.1. The van der Waals surface area contributed by atoms with E-state index in [0.717, 1.165) is 10.1 Å². The minimum atomic E-state index is -0.631. The smallest absolute Gasteiger partial charge is 0.328 e. The molecular weight excluding hydrogens is 400 g/mol. The van der Waals surface area contributed by atoms with Crippen molar-refractivity contribution in [2.24, 2.45) is 0 Å². The Morgan fingerprint density at radius 2 is 2.03 bits per heavy atom. The van der Waals surface area contributed by atoms with Crippen molar-refractivity contribution in [1.82, 2.24) is 19.8 Å². The lowest BCUT2D eigenvalue weighted by molar-refractivity contribution is -0.130. The molecule has 2 aliphatic rings. The predicted octanol–water partition coefficient (Wildman–Crippen LogP) is 0.948. The Kier molecular flexibility index (Phi) is 5.67. The predicted molar refractivity (Wildman–Crippen MR) is 113 cm³/mol. The first kappa shape index (κ1) is 20.9. The highest BCUT2D eigenvalue weighted by Gasteiger charge is 2.43. The van der Waals surface area contributed by atoms with Crippen molar-refractivity contribution in [2.45, 2.75) is 50.8 Å². The summed E-state index contributed by atoms with van der Waals surface area (Å²) in [5, 5.41) is 3.02. The molecule has 0 aliphatic carbocycles. The van der Waals surface area contributed by atoms with Crippen LogP contribution in [0.2, 0.25) is 0 Å². The van der Waals surface area contributed by atoms with Crippen LogP contribution in [-0.4, -0.2) is 45.0 Å². The number of para-hydroxylation sites is 1. The lowest BCUT2D eigenvalue weighted by atomic mass is 9.82. The monoisotopic (exact) mass is 426 g/mol. The zero-order valence-corrected chi connectivity index (χ0v) is 17.4. The molecule has 164 valence electrons. The van der Waals surface area contributed by atoms with Crippen molar-refractivity contribution in [3.05, 3.63) is 62.9 Å². The molecule has 1 saturated heterocycles. The molecule has 2 aromatic rings. The first-order chi connectivity index (χ1) is 14.9. The molecule has 2 atom stereocenters. The fourth-order valence-electron chi connectivity index (χ4n) is 4.43. The van der Waals surface area contributed by atoms with Crippen molar-refractivity contribution in [2.75, 3.05) is 13.1 Å². The molecule has 9 nitrogen and oxygen atoms in total. The summed E-state index contributed by atoms with van der Waals surface area (Å²) in [7, 11) is 0. The van der Waals surface area contributed by atoms with Crippen LogP contribution in [0.15, 0.2) is 46.1 Å². The Labute approximate surface area is 179 Å². The molecular formula is C22H26N4O5. The number of rotatable bonds is 4. The van der Waals surface area contributed by atoms with E-state index in [1.54, 1.807) is 0 Å². The number of likely N-dealkylation sites (tertiary alicyclic amines) is 1. The number of aromatic amines is 1.